The number of carbonyl (C=O) groups excluding carboxylic acids is 2. The number of amides is 2. The van der Waals surface area contributed by atoms with Crippen molar-refractivity contribution in [3.05, 3.63) is 52.3 Å². The number of ether oxygens (including phenoxy) is 1. The van der Waals surface area contributed by atoms with E-state index in [4.69, 9.17) is 4.74 Å². The van der Waals surface area contributed by atoms with Gasteiger partial charge in [0.15, 0.2) is 0 Å². The number of rotatable bonds is 4. The second-order valence-electron chi connectivity index (χ2n) is 6.09. The first kappa shape index (κ1) is 19.3. The molecule has 0 spiro atoms. The van der Waals surface area contributed by atoms with Crippen LogP contribution >= 0.6 is 15.9 Å². The van der Waals surface area contributed by atoms with E-state index in [1.54, 1.807) is 6.07 Å². The molecule has 1 aliphatic rings. The van der Waals surface area contributed by atoms with E-state index < -0.39 is 11.7 Å². The Hall–Kier alpha value is -2.45. The molecule has 2 aromatic rings. The molecule has 0 radical (unpaired) electrons. The summed E-state index contributed by atoms with van der Waals surface area (Å²) >= 11 is 3.40. The summed E-state index contributed by atoms with van der Waals surface area (Å²) in [6, 6.07) is 9.44. The quantitative estimate of drug-likeness (QED) is 0.768. The summed E-state index contributed by atoms with van der Waals surface area (Å²) in [6.07, 6.45) is 0. The van der Waals surface area contributed by atoms with Gasteiger partial charge in [0.2, 0.25) is 5.91 Å². The van der Waals surface area contributed by atoms with Crippen molar-refractivity contribution >= 4 is 44.8 Å². The zero-order valence-electron chi connectivity index (χ0n) is 14.7. The molecular weight excluding hydrogens is 417 g/mol. The third-order valence-electron chi connectivity index (χ3n) is 4.09. The van der Waals surface area contributed by atoms with Gasteiger partial charge in [-0.1, -0.05) is 15.9 Å². The number of halogens is 2. The molecule has 3 rings (SSSR count). The van der Waals surface area contributed by atoms with Crippen molar-refractivity contribution in [2.24, 2.45) is 0 Å². The molecule has 27 heavy (non-hydrogen) atoms. The van der Waals surface area contributed by atoms with E-state index in [0.717, 1.165) is 16.2 Å². The molecule has 0 bridgehead atoms. The fourth-order valence-electron chi connectivity index (χ4n) is 2.86. The Morgan fingerprint density at radius 2 is 1.85 bits per heavy atom. The monoisotopic (exact) mass is 435 g/mol. The Labute approximate surface area is 164 Å². The molecule has 1 fully saturated rings. The number of anilines is 3. The minimum Gasteiger partial charge on any atom is -0.378 e. The molecular formula is C19H19BrFN3O3. The zero-order valence-corrected chi connectivity index (χ0v) is 16.3. The fraction of sp³-hybridized carbons (Fsp3) is 0.263. The van der Waals surface area contributed by atoms with Crippen LogP contribution < -0.4 is 15.5 Å². The standard InChI is InChI=1S/C19H19BrFN3O3/c1-12(25)22-14-3-4-16(21)15(11-14)19(26)23-17-10-13(20)2-5-18(17)24-6-8-27-9-7-24/h2-5,10-11H,6-9H2,1H3,(H,22,25)(H,23,26). The van der Waals surface area contributed by atoms with Gasteiger partial charge in [0.05, 0.1) is 30.2 Å². The molecule has 0 aromatic heterocycles. The normalized spacial score (nSPS) is 14.0. The number of benzene rings is 2. The van der Waals surface area contributed by atoms with Crippen LogP contribution in [-0.4, -0.2) is 38.1 Å². The van der Waals surface area contributed by atoms with Crippen LogP contribution in [0.3, 0.4) is 0 Å². The van der Waals surface area contributed by atoms with Crippen molar-refractivity contribution in [2.75, 3.05) is 41.8 Å². The predicted octanol–water partition coefficient (Wildman–Crippen LogP) is 3.64. The maximum Gasteiger partial charge on any atom is 0.258 e. The topological polar surface area (TPSA) is 70.7 Å². The summed E-state index contributed by atoms with van der Waals surface area (Å²) < 4.78 is 20.4. The van der Waals surface area contributed by atoms with Crippen LogP contribution in [0.15, 0.2) is 40.9 Å². The SMILES string of the molecule is CC(=O)Nc1ccc(F)c(C(=O)Nc2cc(Br)ccc2N2CCOCC2)c1. The number of hydrogen-bond donors (Lipinski definition) is 2. The van der Waals surface area contributed by atoms with Gasteiger partial charge >= 0.3 is 0 Å². The molecule has 2 amide bonds. The van der Waals surface area contributed by atoms with E-state index in [-0.39, 0.29) is 11.5 Å². The van der Waals surface area contributed by atoms with Crippen molar-refractivity contribution in [1.29, 1.82) is 0 Å². The van der Waals surface area contributed by atoms with Crippen molar-refractivity contribution < 1.29 is 18.7 Å². The molecule has 2 N–H and O–H groups in total. The molecule has 1 saturated heterocycles. The second-order valence-corrected chi connectivity index (χ2v) is 7.01. The predicted molar refractivity (Wildman–Crippen MR) is 106 cm³/mol. The molecule has 1 heterocycles. The van der Waals surface area contributed by atoms with E-state index in [0.29, 0.717) is 37.7 Å². The van der Waals surface area contributed by atoms with Gasteiger partial charge in [0.25, 0.3) is 5.91 Å². The Balaban J connectivity index is 1.87. The van der Waals surface area contributed by atoms with Crippen LogP contribution in [0, 0.1) is 5.82 Å². The fourth-order valence-corrected chi connectivity index (χ4v) is 3.22. The Morgan fingerprint density at radius 3 is 2.56 bits per heavy atom. The Morgan fingerprint density at radius 1 is 1.11 bits per heavy atom. The number of nitrogens with one attached hydrogen (secondary N) is 2. The van der Waals surface area contributed by atoms with E-state index in [9.17, 15) is 14.0 Å². The maximum atomic E-state index is 14.2. The largest absolute Gasteiger partial charge is 0.378 e. The highest BCUT2D eigenvalue weighted by atomic mass is 79.9. The zero-order chi connectivity index (χ0) is 19.4. The molecule has 1 aliphatic heterocycles. The molecule has 6 nitrogen and oxygen atoms in total. The molecule has 0 atom stereocenters. The van der Waals surface area contributed by atoms with Crippen molar-refractivity contribution in [1.82, 2.24) is 0 Å². The van der Waals surface area contributed by atoms with Crippen LogP contribution in [0.1, 0.15) is 17.3 Å². The molecule has 0 aliphatic carbocycles. The lowest BCUT2D eigenvalue weighted by molar-refractivity contribution is -0.114. The average Bonchev–Trinajstić information content (AvgIpc) is 2.63. The minimum atomic E-state index is -0.662. The van der Waals surface area contributed by atoms with E-state index in [1.165, 1.54) is 19.1 Å². The van der Waals surface area contributed by atoms with Crippen molar-refractivity contribution in [3.8, 4) is 0 Å². The number of carbonyl (C=O) groups is 2. The second kappa shape index (κ2) is 8.49. The summed E-state index contributed by atoms with van der Waals surface area (Å²) in [5, 5.41) is 5.33. The van der Waals surface area contributed by atoms with Crippen molar-refractivity contribution in [2.45, 2.75) is 6.92 Å². The van der Waals surface area contributed by atoms with Crippen molar-refractivity contribution in [3.63, 3.8) is 0 Å². The summed E-state index contributed by atoms with van der Waals surface area (Å²) in [6.45, 7) is 3.97. The first-order chi connectivity index (χ1) is 12.9. The van der Waals surface area contributed by atoms with E-state index in [1.807, 2.05) is 12.1 Å². The molecule has 0 saturated carbocycles. The summed E-state index contributed by atoms with van der Waals surface area (Å²) in [7, 11) is 0. The highest BCUT2D eigenvalue weighted by Crippen LogP contribution is 2.31. The van der Waals surface area contributed by atoms with E-state index >= 15 is 0 Å². The highest BCUT2D eigenvalue weighted by molar-refractivity contribution is 9.10. The first-order valence-electron chi connectivity index (χ1n) is 8.45. The van der Waals surface area contributed by atoms with E-state index in [2.05, 4.69) is 31.5 Å². The van der Waals surface area contributed by atoms with Gasteiger partial charge in [-0.2, -0.15) is 0 Å². The number of nitrogens with zero attached hydrogens (tertiary/aromatic N) is 1. The highest BCUT2D eigenvalue weighted by Gasteiger charge is 2.19. The van der Waals surface area contributed by atoms with Crippen LogP contribution in [0.4, 0.5) is 21.5 Å². The number of hydrogen-bond acceptors (Lipinski definition) is 4. The summed E-state index contributed by atoms with van der Waals surface area (Å²) in [5.41, 5.74) is 1.62. The van der Waals surface area contributed by atoms with Gasteiger partial charge in [-0.3, -0.25) is 9.59 Å². The summed E-state index contributed by atoms with van der Waals surface area (Å²) in [5.74, 6) is -1.55. The van der Waals surface area contributed by atoms with Gasteiger partial charge in [0, 0.05) is 30.2 Å². The molecule has 8 heteroatoms. The van der Waals surface area contributed by atoms with Crippen LogP contribution in [-0.2, 0) is 9.53 Å². The van der Waals surface area contributed by atoms with Gasteiger partial charge in [-0.15, -0.1) is 0 Å². The lowest BCUT2D eigenvalue weighted by atomic mass is 10.1. The molecule has 142 valence electrons. The van der Waals surface area contributed by atoms with Gasteiger partial charge in [-0.05, 0) is 36.4 Å². The Kier molecular flexibility index (Phi) is 6.08. The third-order valence-corrected chi connectivity index (χ3v) is 4.58. The first-order valence-corrected chi connectivity index (χ1v) is 9.24. The molecule has 0 unspecified atom stereocenters. The van der Waals surface area contributed by atoms with Crippen LogP contribution in [0.25, 0.3) is 0 Å². The van der Waals surface area contributed by atoms with Gasteiger partial charge < -0.3 is 20.3 Å². The van der Waals surface area contributed by atoms with Gasteiger partial charge in [-0.25, -0.2) is 4.39 Å². The van der Waals surface area contributed by atoms with Crippen LogP contribution in [0.5, 0.6) is 0 Å². The number of morpholine rings is 1. The minimum absolute atomic E-state index is 0.144. The lowest BCUT2D eigenvalue weighted by Gasteiger charge is -2.30. The third kappa shape index (κ3) is 4.84. The smallest absolute Gasteiger partial charge is 0.258 e. The average molecular weight is 436 g/mol. The maximum absolute atomic E-state index is 14.2. The van der Waals surface area contributed by atoms with Crippen LogP contribution in [0.2, 0.25) is 0 Å². The Bertz CT molecular complexity index is 869. The lowest BCUT2D eigenvalue weighted by Crippen LogP contribution is -2.36. The molecule has 2 aromatic carbocycles. The summed E-state index contributed by atoms with van der Waals surface area (Å²) in [4.78, 5) is 26.0. The van der Waals surface area contributed by atoms with Gasteiger partial charge in [0.1, 0.15) is 5.82 Å².